The molecule has 1 N–H and O–H groups in total. The highest BCUT2D eigenvalue weighted by atomic mass is 35.5. The molecule has 0 atom stereocenters. The van der Waals surface area contributed by atoms with E-state index in [2.05, 4.69) is 5.32 Å². The molecule has 0 unspecified atom stereocenters. The van der Waals surface area contributed by atoms with E-state index in [0.717, 1.165) is 5.56 Å². The average Bonchev–Trinajstić information content (AvgIpc) is 3.17. The SMILES string of the molecule is O=C(COC(=O)CCCOc1ccc(Cl)cc1Cl)NCc1ccc2c(c1)OCO2. The molecule has 1 aliphatic rings. The summed E-state index contributed by atoms with van der Waals surface area (Å²) in [6.45, 7) is 0.432. The molecule has 7 nitrogen and oxygen atoms in total. The van der Waals surface area contributed by atoms with Crippen LogP contribution in [0.25, 0.3) is 0 Å². The number of fused-ring (bicyclic) bond motifs is 1. The number of hydrogen-bond donors (Lipinski definition) is 1. The van der Waals surface area contributed by atoms with Crippen molar-refractivity contribution in [3.8, 4) is 17.2 Å². The second-order valence-electron chi connectivity index (χ2n) is 6.15. The van der Waals surface area contributed by atoms with E-state index in [1.54, 1.807) is 30.3 Å². The third-order valence-electron chi connectivity index (χ3n) is 3.97. The fourth-order valence-corrected chi connectivity index (χ4v) is 2.97. The van der Waals surface area contributed by atoms with Crippen LogP contribution in [-0.2, 0) is 20.9 Å². The van der Waals surface area contributed by atoms with Gasteiger partial charge in [-0.1, -0.05) is 29.3 Å². The Morgan fingerprint density at radius 3 is 2.72 bits per heavy atom. The molecule has 2 aromatic rings. The maximum absolute atomic E-state index is 11.8. The van der Waals surface area contributed by atoms with Gasteiger partial charge in [0.25, 0.3) is 5.91 Å². The van der Waals surface area contributed by atoms with Crippen molar-refractivity contribution in [2.24, 2.45) is 0 Å². The quantitative estimate of drug-likeness (QED) is 0.473. The van der Waals surface area contributed by atoms with E-state index in [1.807, 2.05) is 6.07 Å². The summed E-state index contributed by atoms with van der Waals surface area (Å²) in [4.78, 5) is 23.6. The smallest absolute Gasteiger partial charge is 0.306 e. The standard InChI is InChI=1S/C20H19Cl2NO6/c21-14-4-6-16(15(22)9-14)26-7-1-2-20(25)27-11-19(24)23-10-13-3-5-17-18(8-13)29-12-28-17/h3-6,8-9H,1-2,7,10-12H2,(H,23,24). The number of amides is 1. The van der Waals surface area contributed by atoms with Crippen LogP contribution in [0.5, 0.6) is 17.2 Å². The molecule has 154 valence electrons. The molecule has 0 radical (unpaired) electrons. The zero-order valence-corrected chi connectivity index (χ0v) is 16.9. The number of carbonyl (C=O) groups is 2. The lowest BCUT2D eigenvalue weighted by Crippen LogP contribution is -2.28. The summed E-state index contributed by atoms with van der Waals surface area (Å²) in [6.07, 6.45) is 0.553. The van der Waals surface area contributed by atoms with Crippen LogP contribution in [0.3, 0.4) is 0 Å². The highest BCUT2D eigenvalue weighted by Crippen LogP contribution is 2.32. The summed E-state index contributed by atoms with van der Waals surface area (Å²) in [5, 5.41) is 3.60. The van der Waals surface area contributed by atoms with E-state index in [-0.39, 0.29) is 32.3 Å². The first-order chi connectivity index (χ1) is 14.0. The number of carbonyl (C=O) groups excluding carboxylic acids is 2. The Morgan fingerprint density at radius 2 is 1.90 bits per heavy atom. The lowest BCUT2D eigenvalue weighted by Gasteiger charge is -2.09. The summed E-state index contributed by atoms with van der Waals surface area (Å²) < 4.78 is 21.0. The first-order valence-electron chi connectivity index (χ1n) is 8.90. The van der Waals surface area contributed by atoms with Crippen molar-refractivity contribution in [1.29, 1.82) is 0 Å². The minimum Gasteiger partial charge on any atom is -0.492 e. The fourth-order valence-electron chi connectivity index (χ4n) is 2.51. The number of nitrogens with one attached hydrogen (secondary N) is 1. The molecule has 1 heterocycles. The van der Waals surface area contributed by atoms with Crippen molar-refractivity contribution in [2.75, 3.05) is 20.0 Å². The number of rotatable bonds is 9. The normalized spacial score (nSPS) is 11.8. The number of esters is 1. The molecule has 1 aliphatic heterocycles. The van der Waals surface area contributed by atoms with E-state index in [0.29, 0.717) is 40.3 Å². The molecule has 29 heavy (non-hydrogen) atoms. The van der Waals surface area contributed by atoms with Gasteiger partial charge < -0.3 is 24.3 Å². The van der Waals surface area contributed by atoms with Gasteiger partial charge in [-0.15, -0.1) is 0 Å². The highest BCUT2D eigenvalue weighted by molar-refractivity contribution is 6.35. The number of benzene rings is 2. The van der Waals surface area contributed by atoms with Crippen LogP contribution in [-0.4, -0.2) is 31.9 Å². The Kier molecular flexibility index (Phi) is 7.43. The van der Waals surface area contributed by atoms with Crippen molar-refractivity contribution in [3.63, 3.8) is 0 Å². The van der Waals surface area contributed by atoms with E-state index in [4.69, 9.17) is 42.1 Å². The van der Waals surface area contributed by atoms with Crippen LogP contribution in [0.2, 0.25) is 10.0 Å². The summed E-state index contributed by atoms with van der Waals surface area (Å²) >= 11 is 11.8. The Bertz CT molecular complexity index is 889. The van der Waals surface area contributed by atoms with E-state index in [1.165, 1.54) is 0 Å². The van der Waals surface area contributed by atoms with Crippen LogP contribution in [0.4, 0.5) is 0 Å². The number of hydrogen-bond acceptors (Lipinski definition) is 6. The van der Waals surface area contributed by atoms with Gasteiger partial charge >= 0.3 is 5.97 Å². The molecule has 2 aromatic carbocycles. The second kappa shape index (κ2) is 10.2. The van der Waals surface area contributed by atoms with Gasteiger partial charge in [0.1, 0.15) is 5.75 Å². The van der Waals surface area contributed by atoms with Crippen molar-refractivity contribution >= 4 is 35.1 Å². The maximum Gasteiger partial charge on any atom is 0.306 e. The molecular formula is C20H19Cl2NO6. The third-order valence-corrected chi connectivity index (χ3v) is 4.50. The average molecular weight is 440 g/mol. The monoisotopic (exact) mass is 439 g/mol. The molecule has 3 rings (SSSR count). The van der Waals surface area contributed by atoms with E-state index in [9.17, 15) is 9.59 Å². The summed E-state index contributed by atoms with van der Waals surface area (Å²) in [6, 6.07) is 10.3. The molecule has 0 saturated heterocycles. The van der Waals surface area contributed by atoms with Gasteiger partial charge in [-0.05, 0) is 42.3 Å². The summed E-state index contributed by atoms with van der Waals surface area (Å²) in [5.41, 5.74) is 0.854. The summed E-state index contributed by atoms with van der Waals surface area (Å²) in [5.74, 6) is 0.947. The van der Waals surface area contributed by atoms with Gasteiger partial charge in [-0.2, -0.15) is 0 Å². The second-order valence-corrected chi connectivity index (χ2v) is 7.00. The highest BCUT2D eigenvalue weighted by Gasteiger charge is 2.14. The largest absolute Gasteiger partial charge is 0.492 e. The Labute approximate surface area is 177 Å². The van der Waals surface area contributed by atoms with Gasteiger partial charge in [0.05, 0.1) is 11.6 Å². The molecule has 9 heteroatoms. The van der Waals surface area contributed by atoms with Gasteiger partial charge in [0.2, 0.25) is 6.79 Å². The Morgan fingerprint density at radius 1 is 1.07 bits per heavy atom. The molecule has 1 amide bonds. The Hall–Kier alpha value is -2.64. The summed E-state index contributed by atoms with van der Waals surface area (Å²) in [7, 11) is 0. The zero-order valence-electron chi connectivity index (χ0n) is 15.4. The molecule has 0 spiro atoms. The van der Waals surface area contributed by atoms with Crippen LogP contribution in [0.1, 0.15) is 18.4 Å². The van der Waals surface area contributed by atoms with E-state index < -0.39 is 5.97 Å². The maximum atomic E-state index is 11.8. The molecular weight excluding hydrogens is 421 g/mol. The minimum absolute atomic E-state index is 0.126. The molecule has 0 bridgehead atoms. The molecule has 0 aromatic heterocycles. The predicted octanol–water partition coefficient (Wildman–Crippen LogP) is 3.74. The first-order valence-corrected chi connectivity index (χ1v) is 9.65. The topological polar surface area (TPSA) is 83.1 Å². The first kappa shape index (κ1) is 21.1. The van der Waals surface area contributed by atoms with Gasteiger partial charge in [0.15, 0.2) is 18.1 Å². The third kappa shape index (κ3) is 6.44. The van der Waals surface area contributed by atoms with Gasteiger partial charge in [-0.3, -0.25) is 9.59 Å². The molecule has 0 saturated carbocycles. The number of halogens is 2. The lowest BCUT2D eigenvalue weighted by molar-refractivity contribution is -0.148. The van der Waals surface area contributed by atoms with Crippen LogP contribution < -0.4 is 19.5 Å². The molecule has 0 fully saturated rings. The van der Waals surface area contributed by atoms with Crippen molar-refractivity contribution in [1.82, 2.24) is 5.32 Å². The minimum atomic E-state index is -0.478. The predicted molar refractivity (Wildman–Crippen MR) is 107 cm³/mol. The van der Waals surface area contributed by atoms with Crippen molar-refractivity contribution < 1.29 is 28.5 Å². The van der Waals surface area contributed by atoms with E-state index >= 15 is 0 Å². The lowest BCUT2D eigenvalue weighted by atomic mass is 10.2. The van der Waals surface area contributed by atoms with Crippen LogP contribution >= 0.6 is 23.2 Å². The van der Waals surface area contributed by atoms with Gasteiger partial charge in [0, 0.05) is 18.0 Å². The van der Waals surface area contributed by atoms with Crippen LogP contribution in [0, 0.1) is 0 Å². The Balaban J connectivity index is 1.29. The fraction of sp³-hybridized carbons (Fsp3) is 0.300. The van der Waals surface area contributed by atoms with Crippen molar-refractivity contribution in [3.05, 3.63) is 52.0 Å². The van der Waals surface area contributed by atoms with Crippen LogP contribution in [0.15, 0.2) is 36.4 Å². The zero-order chi connectivity index (χ0) is 20.6. The number of ether oxygens (including phenoxy) is 4. The van der Waals surface area contributed by atoms with Crippen molar-refractivity contribution in [2.45, 2.75) is 19.4 Å². The van der Waals surface area contributed by atoms with Gasteiger partial charge in [-0.25, -0.2) is 0 Å². The molecule has 0 aliphatic carbocycles.